The maximum Gasteiger partial charge on any atom is 0.336 e. The zero-order chi connectivity index (χ0) is 12.1. The van der Waals surface area contributed by atoms with E-state index in [2.05, 4.69) is 0 Å². The largest absolute Gasteiger partial charge is 0.478 e. The van der Waals surface area contributed by atoms with E-state index in [0.717, 1.165) is 12.8 Å². The van der Waals surface area contributed by atoms with Crippen LogP contribution in [0.2, 0.25) is 0 Å². The zero-order valence-electron chi connectivity index (χ0n) is 9.56. The SMILES string of the molecule is CCCC(C)C(=O)c1ccccc1C(=O)O. The van der Waals surface area contributed by atoms with Gasteiger partial charge in [-0.1, -0.05) is 38.5 Å². The predicted octanol–water partition coefficient (Wildman–Crippen LogP) is 3.00. The highest BCUT2D eigenvalue weighted by Gasteiger charge is 2.19. The molecule has 0 fully saturated rings. The monoisotopic (exact) mass is 220 g/mol. The minimum atomic E-state index is -1.05. The minimum absolute atomic E-state index is 0.0835. The lowest BCUT2D eigenvalue weighted by atomic mass is 9.92. The van der Waals surface area contributed by atoms with Crippen LogP contribution < -0.4 is 0 Å². The van der Waals surface area contributed by atoms with Crippen LogP contribution in [0.5, 0.6) is 0 Å². The van der Waals surface area contributed by atoms with Crippen LogP contribution in [0.15, 0.2) is 24.3 Å². The van der Waals surface area contributed by atoms with Crippen molar-refractivity contribution in [3.63, 3.8) is 0 Å². The fraction of sp³-hybridized carbons (Fsp3) is 0.385. The molecule has 1 rings (SSSR count). The number of hydrogen-bond donors (Lipinski definition) is 1. The summed E-state index contributed by atoms with van der Waals surface area (Å²) in [7, 11) is 0. The molecular formula is C13H16O3. The molecule has 3 nitrogen and oxygen atoms in total. The highest BCUT2D eigenvalue weighted by molar-refractivity contribution is 6.06. The molecule has 0 aromatic heterocycles. The van der Waals surface area contributed by atoms with Crippen LogP contribution >= 0.6 is 0 Å². The Morgan fingerprint density at radius 2 is 1.81 bits per heavy atom. The Labute approximate surface area is 95.1 Å². The molecule has 1 atom stereocenters. The summed E-state index contributed by atoms with van der Waals surface area (Å²) in [5.74, 6) is -1.25. The lowest BCUT2D eigenvalue weighted by molar-refractivity contribution is 0.0690. The molecule has 1 aromatic carbocycles. The molecule has 16 heavy (non-hydrogen) atoms. The summed E-state index contributed by atoms with van der Waals surface area (Å²) < 4.78 is 0. The standard InChI is InChI=1S/C13H16O3/c1-3-6-9(2)12(14)10-7-4-5-8-11(10)13(15)16/h4-5,7-9H,3,6H2,1-2H3,(H,15,16). The van der Waals surface area contributed by atoms with Crippen molar-refractivity contribution < 1.29 is 14.7 Å². The number of benzene rings is 1. The van der Waals surface area contributed by atoms with Gasteiger partial charge in [0.25, 0.3) is 0 Å². The number of ketones is 1. The Hall–Kier alpha value is -1.64. The van der Waals surface area contributed by atoms with Crippen molar-refractivity contribution in [2.24, 2.45) is 5.92 Å². The normalized spacial score (nSPS) is 12.1. The summed E-state index contributed by atoms with van der Waals surface area (Å²) in [5, 5.41) is 8.97. The first-order chi connectivity index (χ1) is 7.57. The molecule has 86 valence electrons. The average molecular weight is 220 g/mol. The maximum absolute atomic E-state index is 12.0. The van der Waals surface area contributed by atoms with Crippen LogP contribution in [0.25, 0.3) is 0 Å². The lowest BCUT2D eigenvalue weighted by Crippen LogP contribution is -2.15. The third kappa shape index (κ3) is 2.69. The number of aromatic carboxylic acids is 1. The number of rotatable bonds is 5. The molecule has 1 N–H and O–H groups in total. The molecule has 0 heterocycles. The van der Waals surface area contributed by atoms with Gasteiger partial charge in [-0.15, -0.1) is 0 Å². The Balaban J connectivity index is 3.03. The van der Waals surface area contributed by atoms with Crippen LogP contribution in [0, 0.1) is 5.92 Å². The van der Waals surface area contributed by atoms with Gasteiger partial charge in [0.2, 0.25) is 0 Å². The van der Waals surface area contributed by atoms with Gasteiger partial charge < -0.3 is 5.11 Å². The topological polar surface area (TPSA) is 54.4 Å². The van der Waals surface area contributed by atoms with Gasteiger partial charge in [-0.25, -0.2) is 4.79 Å². The minimum Gasteiger partial charge on any atom is -0.478 e. The molecule has 0 amide bonds. The molecule has 0 aliphatic rings. The molecule has 0 aliphatic carbocycles. The molecule has 0 saturated heterocycles. The van der Waals surface area contributed by atoms with Crippen molar-refractivity contribution in [1.82, 2.24) is 0 Å². The van der Waals surface area contributed by atoms with E-state index in [1.165, 1.54) is 6.07 Å². The summed E-state index contributed by atoms with van der Waals surface area (Å²) >= 11 is 0. The summed E-state index contributed by atoms with van der Waals surface area (Å²) in [6.07, 6.45) is 1.70. The fourth-order valence-corrected chi connectivity index (χ4v) is 1.71. The third-order valence-corrected chi connectivity index (χ3v) is 2.59. The molecule has 1 aromatic rings. The molecular weight excluding hydrogens is 204 g/mol. The molecule has 3 heteroatoms. The quantitative estimate of drug-likeness (QED) is 0.776. The van der Waals surface area contributed by atoms with E-state index in [4.69, 9.17) is 5.11 Å². The second-order valence-corrected chi connectivity index (χ2v) is 3.90. The van der Waals surface area contributed by atoms with E-state index in [0.29, 0.717) is 5.56 Å². The first-order valence-corrected chi connectivity index (χ1v) is 5.44. The Bertz CT molecular complexity index is 396. The molecule has 0 aliphatic heterocycles. The highest BCUT2D eigenvalue weighted by atomic mass is 16.4. The van der Waals surface area contributed by atoms with Crippen molar-refractivity contribution in [3.05, 3.63) is 35.4 Å². The van der Waals surface area contributed by atoms with Gasteiger partial charge >= 0.3 is 5.97 Å². The summed E-state index contributed by atoms with van der Waals surface area (Å²) in [4.78, 5) is 23.0. The van der Waals surface area contributed by atoms with Crippen LogP contribution in [0.1, 0.15) is 47.4 Å². The van der Waals surface area contributed by atoms with Gasteiger partial charge in [0, 0.05) is 11.5 Å². The van der Waals surface area contributed by atoms with Crippen molar-refractivity contribution in [1.29, 1.82) is 0 Å². The van der Waals surface area contributed by atoms with Gasteiger partial charge in [0.1, 0.15) is 0 Å². The van der Waals surface area contributed by atoms with Gasteiger partial charge in [0.15, 0.2) is 5.78 Å². The van der Waals surface area contributed by atoms with Gasteiger partial charge in [-0.05, 0) is 12.5 Å². The van der Waals surface area contributed by atoms with Crippen LogP contribution in [0.3, 0.4) is 0 Å². The maximum atomic E-state index is 12.0. The van der Waals surface area contributed by atoms with Gasteiger partial charge in [0.05, 0.1) is 5.56 Å². The third-order valence-electron chi connectivity index (χ3n) is 2.59. The van der Waals surface area contributed by atoms with E-state index in [9.17, 15) is 9.59 Å². The number of carboxylic acid groups (broad SMARTS) is 1. The predicted molar refractivity (Wildman–Crippen MR) is 61.8 cm³/mol. The Kier molecular flexibility index (Phi) is 4.23. The molecule has 0 spiro atoms. The fourth-order valence-electron chi connectivity index (χ4n) is 1.71. The smallest absolute Gasteiger partial charge is 0.336 e. The molecule has 0 saturated carbocycles. The van der Waals surface area contributed by atoms with Crippen LogP contribution in [0.4, 0.5) is 0 Å². The second-order valence-electron chi connectivity index (χ2n) is 3.90. The number of carboxylic acids is 1. The average Bonchev–Trinajstić information content (AvgIpc) is 2.28. The molecule has 0 bridgehead atoms. The molecule has 1 unspecified atom stereocenters. The Morgan fingerprint density at radius 3 is 2.31 bits per heavy atom. The van der Waals surface area contributed by atoms with E-state index < -0.39 is 5.97 Å². The van der Waals surface area contributed by atoms with Crippen LogP contribution in [-0.4, -0.2) is 16.9 Å². The van der Waals surface area contributed by atoms with Crippen molar-refractivity contribution in [2.45, 2.75) is 26.7 Å². The zero-order valence-corrected chi connectivity index (χ0v) is 9.56. The first-order valence-electron chi connectivity index (χ1n) is 5.44. The Morgan fingerprint density at radius 1 is 1.25 bits per heavy atom. The summed E-state index contributed by atoms with van der Waals surface area (Å²) in [6.45, 7) is 3.84. The van der Waals surface area contributed by atoms with Crippen molar-refractivity contribution >= 4 is 11.8 Å². The summed E-state index contributed by atoms with van der Waals surface area (Å²) in [6, 6.07) is 6.37. The number of carbonyl (C=O) groups excluding carboxylic acids is 1. The van der Waals surface area contributed by atoms with Crippen LogP contribution in [-0.2, 0) is 0 Å². The second kappa shape index (κ2) is 5.45. The summed E-state index contributed by atoms with van der Waals surface area (Å²) in [5.41, 5.74) is 0.409. The molecule has 0 radical (unpaired) electrons. The van der Waals surface area contributed by atoms with Gasteiger partial charge in [-0.2, -0.15) is 0 Å². The lowest BCUT2D eigenvalue weighted by Gasteiger charge is -2.10. The number of Topliss-reactive ketones (excluding diaryl/α,β-unsaturated/α-hetero) is 1. The van der Waals surface area contributed by atoms with E-state index >= 15 is 0 Å². The highest BCUT2D eigenvalue weighted by Crippen LogP contribution is 2.17. The van der Waals surface area contributed by atoms with E-state index in [1.807, 2.05) is 13.8 Å². The van der Waals surface area contributed by atoms with E-state index in [-0.39, 0.29) is 17.3 Å². The van der Waals surface area contributed by atoms with Crippen molar-refractivity contribution in [2.75, 3.05) is 0 Å². The van der Waals surface area contributed by atoms with E-state index in [1.54, 1.807) is 18.2 Å². The van der Waals surface area contributed by atoms with Crippen molar-refractivity contribution in [3.8, 4) is 0 Å². The van der Waals surface area contributed by atoms with Gasteiger partial charge in [-0.3, -0.25) is 4.79 Å². The number of carbonyl (C=O) groups is 2. The first kappa shape index (κ1) is 12.4. The number of hydrogen-bond acceptors (Lipinski definition) is 2.